The highest BCUT2D eigenvalue weighted by molar-refractivity contribution is 7.48. The Balaban J connectivity index is 3.78. The standard InChI is InChI=1S/C3H10NO4P/c1-6-9(5,7-2)8-3-4/h3-4H2,1-2H3. The van der Waals surface area contributed by atoms with Gasteiger partial charge in [0.15, 0.2) is 0 Å². The fraction of sp³-hybridized carbons (Fsp3) is 1.00. The molecule has 0 spiro atoms. The summed E-state index contributed by atoms with van der Waals surface area (Å²) in [4.78, 5) is 0. The van der Waals surface area contributed by atoms with Gasteiger partial charge in [-0.1, -0.05) is 0 Å². The van der Waals surface area contributed by atoms with Crippen molar-refractivity contribution in [2.24, 2.45) is 5.73 Å². The molecule has 0 saturated heterocycles. The molecule has 9 heavy (non-hydrogen) atoms. The van der Waals surface area contributed by atoms with Crippen LogP contribution in [0.3, 0.4) is 0 Å². The van der Waals surface area contributed by atoms with Gasteiger partial charge >= 0.3 is 7.82 Å². The Bertz CT molecular complexity index is 108. The van der Waals surface area contributed by atoms with Crippen molar-refractivity contribution in [1.29, 1.82) is 0 Å². The molecule has 2 N–H and O–H groups in total. The fourth-order valence-electron chi connectivity index (χ4n) is 0.271. The Hall–Kier alpha value is 0.0700. The number of phosphoric acid groups is 1. The quantitative estimate of drug-likeness (QED) is 0.467. The van der Waals surface area contributed by atoms with Gasteiger partial charge in [-0.05, 0) is 0 Å². The summed E-state index contributed by atoms with van der Waals surface area (Å²) in [6.45, 7) is -0.182. The monoisotopic (exact) mass is 155 g/mol. The van der Waals surface area contributed by atoms with Crippen molar-refractivity contribution in [3.8, 4) is 0 Å². The zero-order chi connectivity index (χ0) is 7.33. The van der Waals surface area contributed by atoms with E-state index in [2.05, 4.69) is 13.6 Å². The second kappa shape index (κ2) is 3.98. The highest BCUT2D eigenvalue weighted by Gasteiger charge is 2.20. The van der Waals surface area contributed by atoms with Crippen LogP contribution in [0.5, 0.6) is 0 Å². The van der Waals surface area contributed by atoms with Crippen molar-refractivity contribution in [3.63, 3.8) is 0 Å². The molecule has 0 aromatic rings. The predicted octanol–water partition coefficient (Wildman–Crippen LogP) is 0.320. The molecule has 0 fully saturated rings. The van der Waals surface area contributed by atoms with Gasteiger partial charge in [-0.3, -0.25) is 13.6 Å². The van der Waals surface area contributed by atoms with Gasteiger partial charge in [-0.15, -0.1) is 0 Å². The summed E-state index contributed by atoms with van der Waals surface area (Å²) in [5, 5.41) is 0. The van der Waals surface area contributed by atoms with E-state index < -0.39 is 7.82 Å². The van der Waals surface area contributed by atoms with Gasteiger partial charge in [-0.2, -0.15) is 0 Å². The third-order valence-corrected chi connectivity index (χ3v) is 2.04. The SMILES string of the molecule is COP(=O)(OC)OCN. The molecule has 0 aliphatic carbocycles. The molecule has 0 aliphatic heterocycles. The molecule has 56 valence electrons. The van der Waals surface area contributed by atoms with Gasteiger partial charge in [0.2, 0.25) is 0 Å². The second-order valence-corrected chi connectivity index (χ2v) is 2.99. The minimum absolute atomic E-state index is 0.182. The summed E-state index contributed by atoms with van der Waals surface area (Å²) in [7, 11) is -0.862. The first kappa shape index (κ1) is 9.07. The molecule has 0 amide bonds. The minimum atomic E-state index is -3.31. The van der Waals surface area contributed by atoms with Crippen LogP contribution in [0.15, 0.2) is 0 Å². The molecular weight excluding hydrogens is 145 g/mol. The smallest absolute Gasteiger partial charge is 0.308 e. The summed E-state index contributed by atoms with van der Waals surface area (Å²) in [6, 6.07) is 0. The van der Waals surface area contributed by atoms with Gasteiger partial charge in [0, 0.05) is 14.2 Å². The molecule has 0 unspecified atom stereocenters. The van der Waals surface area contributed by atoms with E-state index in [9.17, 15) is 4.57 Å². The number of nitrogens with two attached hydrogens (primary N) is 1. The van der Waals surface area contributed by atoms with Crippen molar-refractivity contribution < 1.29 is 18.1 Å². The van der Waals surface area contributed by atoms with E-state index in [1.54, 1.807) is 0 Å². The van der Waals surface area contributed by atoms with Crippen LogP contribution < -0.4 is 5.73 Å². The largest absolute Gasteiger partial charge is 0.475 e. The van der Waals surface area contributed by atoms with Crippen molar-refractivity contribution in [1.82, 2.24) is 0 Å². The van der Waals surface area contributed by atoms with Crippen LogP contribution >= 0.6 is 7.82 Å². The maximum absolute atomic E-state index is 10.8. The van der Waals surface area contributed by atoms with Gasteiger partial charge in [0.25, 0.3) is 0 Å². The number of hydrogen-bond donors (Lipinski definition) is 1. The molecule has 0 saturated carbocycles. The van der Waals surface area contributed by atoms with E-state index in [0.29, 0.717) is 0 Å². The summed E-state index contributed by atoms with van der Waals surface area (Å²) in [5.74, 6) is 0. The lowest BCUT2D eigenvalue weighted by atomic mass is 11.4. The summed E-state index contributed by atoms with van der Waals surface area (Å²) >= 11 is 0. The molecule has 0 heterocycles. The molecule has 5 nitrogen and oxygen atoms in total. The second-order valence-electron chi connectivity index (χ2n) is 1.11. The van der Waals surface area contributed by atoms with Gasteiger partial charge in [-0.25, -0.2) is 4.57 Å². The van der Waals surface area contributed by atoms with Crippen LogP contribution in [-0.2, 0) is 18.1 Å². The first-order valence-electron chi connectivity index (χ1n) is 2.24. The Morgan fingerprint density at radius 3 is 2.00 bits per heavy atom. The maximum atomic E-state index is 10.8. The fourth-order valence-corrected chi connectivity index (χ4v) is 0.814. The Kier molecular flexibility index (Phi) is 4.01. The average Bonchev–Trinajstić information content (AvgIpc) is 1.89. The molecule has 6 heteroatoms. The predicted molar refractivity (Wildman–Crippen MR) is 31.8 cm³/mol. The van der Waals surface area contributed by atoms with Crippen LogP contribution in [0, 0.1) is 0 Å². The Morgan fingerprint density at radius 2 is 1.89 bits per heavy atom. The zero-order valence-electron chi connectivity index (χ0n) is 5.36. The van der Waals surface area contributed by atoms with Gasteiger partial charge in [0.05, 0.1) is 0 Å². The number of rotatable bonds is 4. The molecule has 0 bridgehead atoms. The average molecular weight is 155 g/mol. The van der Waals surface area contributed by atoms with E-state index in [1.165, 1.54) is 14.2 Å². The van der Waals surface area contributed by atoms with Crippen LogP contribution in [0.25, 0.3) is 0 Å². The van der Waals surface area contributed by atoms with Gasteiger partial charge in [0.1, 0.15) is 6.73 Å². The lowest BCUT2D eigenvalue weighted by Crippen LogP contribution is -2.04. The molecule has 0 aromatic heterocycles. The van der Waals surface area contributed by atoms with Gasteiger partial charge < -0.3 is 5.73 Å². The molecule has 0 aromatic carbocycles. The van der Waals surface area contributed by atoms with E-state index in [0.717, 1.165) is 0 Å². The summed E-state index contributed by atoms with van der Waals surface area (Å²) < 4.78 is 23.9. The Labute approximate surface area is 53.7 Å². The molecule has 0 aliphatic rings. The lowest BCUT2D eigenvalue weighted by Gasteiger charge is -2.10. The third-order valence-electron chi connectivity index (χ3n) is 0.680. The van der Waals surface area contributed by atoms with E-state index in [1.807, 2.05) is 0 Å². The van der Waals surface area contributed by atoms with Crippen LogP contribution in [0.2, 0.25) is 0 Å². The van der Waals surface area contributed by atoms with Crippen LogP contribution in [-0.4, -0.2) is 21.0 Å². The molecule has 0 atom stereocenters. The van der Waals surface area contributed by atoms with Crippen molar-refractivity contribution >= 4 is 7.82 Å². The first-order valence-corrected chi connectivity index (χ1v) is 3.70. The maximum Gasteiger partial charge on any atom is 0.475 e. The van der Waals surface area contributed by atoms with Crippen molar-refractivity contribution in [2.75, 3.05) is 21.0 Å². The van der Waals surface area contributed by atoms with Crippen LogP contribution in [0.4, 0.5) is 0 Å². The summed E-state index contributed by atoms with van der Waals surface area (Å²) in [5.41, 5.74) is 4.91. The normalized spacial score (nSPS) is 11.9. The zero-order valence-corrected chi connectivity index (χ0v) is 6.26. The highest BCUT2D eigenvalue weighted by Crippen LogP contribution is 2.46. The van der Waals surface area contributed by atoms with Crippen molar-refractivity contribution in [2.45, 2.75) is 0 Å². The number of phosphoric ester groups is 1. The Morgan fingerprint density at radius 1 is 1.44 bits per heavy atom. The number of hydrogen-bond acceptors (Lipinski definition) is 5. The summed E-state index contributed by atoms with van der Waals surface area (Å²) in [6.07, 6.45) is 0. The minimum Gasteiger partial charge on any atom is -0.308 e. The lowest BCUT2D eigenvalue weighted by molar-refractivity contribution is 0.155. The van der Waals surface area contributed by atoms with E-state index in [-0.39, 0.29) is 6.73 Å². The first-order chi connectivity index (χ1) is 4.18. The third kappa shape index (κ3) is 2.93. The molecule has 0 rings (SSSR count). The highest BCUT2D eigenvalue weighted by atomic mass is 31.2. The molecule has 0 radical (unpaired) electrons. The molecular formula is C3H10NO4P. The topological polar surface area (TPSA) is 70.8 Å². The van der Waals surface area contributed by atoms with Crippen molar-refractivity contribution in [3.05, 3.63) is 0 Å². The van der Waals surface area contributed by atoms with E-state index >= 15 is 0 Å². The van der Waals surface area contributed by atoms with E-state index in [4.69, 9.17) is 5.73 Å². The van der Waals surface area contributed by atoms with Crippen LogP contribution in [0.1, 0.15) is 0 Å².